The molecular weight excluding hydrogens is 550 g/mol. The van der Waals surface area contributed by atoms with Gasteiger partial charge in [-0.1, -0.05) is 13.0 Å². The van der Waals surface area contributed by atoms with Gasteiger partial charge in [0.15, 0.2) is 0 Å². The topological polar surface area (TPSA) is 49.0 Å². The van der Waals surface area contributed by atoms with Crippen LogP contribution in [0.3, 0.4) is 0 Å². The van der Waals surface area contributed by atoms with Crippen LogP contribution in [0.4, 0.5) is 0 Å². The fourth-order valence-corrected chi connectivity index (χ4v) is 3.35. The molecule has 0 saturated heterocycles. The van der Waals surface area contributed by atoms with Crippen molar-refractivity contribution in [1.29, 1.82) is 0 Å². The third kappa shape index (κ3) is 3.12. The van der Waals surface area contributed by atoms with Crippen molar-refractivity contribution in [2.45, 2.75) is 32.9 Å². The molecule has 1 aliphatic rings. The van der Waals surface area contributed by atoms with Gasteiger partial charge in [0.05, 0.1) is 17.4 Å². The Morgan fingerprint density at radius 1 is 1.32 bits per heavy atom. The smallest absolute Gasteiger partial charge is 0.258 e. The van der Waals surface area contributed by atoms with E-state index in [9.17, 15) is 4.79 Å². The van der Waals surface area contributed by atoms with Gasteiger partial charge in [-0.05, 0) is 43.6 Å². The zero-order chi connectivity index (χ0) is 16.5. The molecule has 25 heavy (non-hydrogen) atoms. The molecule has 0 fully saturated rings. The van der Waals surface area contributed by atoms with Crippen molar-refractivity contribution >= 4 is 10.9 Å². The minimum Gasteiger partial charge on any atom is -0.309 e. The number of rotatable bonds is 3. The second kappa shape index (κ2) is 6.57. The number of aromatic nitrogens is 2. The maximum atomic E-state index is 12.4. The van der Waals surface area contributed by atoms with Crippen LogP contribution < -0.4 is 5.56 Å². The molecule has 0 amide bonds. The Bertz CT molecular complexity index is 951. The number of aromatic amines is 1. The van der Waals surface area contributed by atoms with Crippen LogP contribution in [-0.4, -0.2) is 21.4 Å². The van der Waals surface area contributed by atoms with Gasteiger partial charge >= 0.3 is 0 Å². The molecule has 4 nitrogen and oxygen atoms in total. The first-order chi connectivity index (χ1) is 11.7. The van der Waals surface area contributed by atoms with Gasteiger partial charge in [0.2, 0.25) is 0 Å². The van der Waals surface area contributed by atoms with Crippen molar-refractivity contribution in [2.75, 3.05) is 6.54 Å². The molecule has 1 radical (unpaired) electrons. The predicted octanol–water partition coefficient (Wildman–Crippen LogP) is 2.84. The maximum Gasteiger partial charge on any atom is 0.258 e. The first kappa shape index (κ1) is 16.4. The van der Waals surface area contributed by atoms with E-state index < -0.39 is 0 Å². The molecule has 0 aliphatic carbocycles. The Balaban J connectivity index is 0.00000182. The number of nitrogens with zero attached hydrogens (tertiary/aromatic N) is 2. The Morgan fingerprint density at radius 2 is 2.20 bits per heavy atom. The average molecular weight is 570 g/mol. The van der Waals surface area contributed by atoms with E-state index in [0.29, 0.717) is 11.9 Å². The normalized spacial score (nSPS) is 14.1. The summed E-state index contributed by atoms with van der Waals surface area (Å²) in [5.41, 5.74) is 4.51. The molecular formula is C20H20EsN3O-. The Labute approximate surface area is 141 Å². The van der Waals surface area contributed by atoms with Crippen LogP contribution in [0.5, 0.6) is 0 Å². The molecule has 2 aromatic carbocycles. The second-order valence-electron chi connectivity index (χ2n) is 6.35. The van der Waals surface area contributed by atoms with E-state index in [1.807, 2.05) is 30.3 Å². The third-order valence-electron chi connectivity index (χ3n) is 4.71. The van der Waals surface area contributed by atoms with E-state index in [1.54, 1.807) is 0 Å². The summed E-state index contributed by atoms with van der Waals surface area (Å²) in [5.74, 6) is 0.736. The van der Waals surface area contributed by atoms with Gasteiger partial charge in [-0.15, -0.1) is 5.56 Å². The third-order valence-corrected chi connectivity index (χ3v) is 4.71. The summed E-state index contributed by atoms with van der Waals surface area (Å²) in [5, 5.41) is 0.677. The van der Waals surface area contributed by atoms with Crippen molar-refractivity contribution < 1.29 is 0 Å². The average Bonchev–Trinajstić information content (AvgIpc) is 2.61. The fourth-order valence-electron chi connectivity index (χ4n) is 3.35. The van der Waals surface area contributed by atoms with Crippen molar-refractivity contribution in [3.63, 3.8) is 0 Å². The molecule has 133 valence electrons. The maximum absolute atomic E-state index is 12.4. The number of H-pyrrole nitrogens is 1. The second-order valence-corrected chi connectivity index (χ2v) is 6.35. The largest absolute Gasteiger partial charge is 0.309 e. The predicted molar refractivity (Wildman–Crippen MR) is 94.8 cm³/mol. The van der Waals surface area contributed by atoms with Crippen LogP contribution in [0, 0.1) is 6.07 Å². The molecule has 0 bridgehead atoms. The van der Waals surface area contributed by atoms with Gasteiger partial charge < -0.3 is 9.88 Å². The van der Waals surface area contributed by atoms with Gasteiger partial charge in [0.1, 0.15) is 5.82 Å². The molecule has 1 aromatic heterocycles. The van der Waals surface area contributed by atoms with Crippen LogP contribution >= 0.6 is 0 Å². The standard InChI is InChI=1S/C20H20N3O.Es/c1-2-14-7-8-18-17(11-14)20(24)22-19(21-18)13-23-10-9-15-5-3-4-6-16(15)12-23;/h3-4,6-8,11H,2,9-10,12-13H2,1H3,(H,21,22,24);/q-1;. The number of nitrogens with one attached hydrogen (secondary N) is 1. The van der Waals surface area contributed by atoms with Crippen LogP contribution in [0.2, 0.25) is 0 Å². The van der Waals surface area contributed by atoms with E-state index in [1.165, 1.54) is 11.1 Å². The van der Waals surface area contributed by atoms with Crippen LogP contribution in [0.25, 0.3) is 10.9 Å². The quantitative estimate of drug-likeness (QED) is 0.494. The molecule has 0 atom stereocenters. The van der Waals surface area contributed by atoms with Gasteiger partial charge in [0.25, 0.3) is 5.56 Å². The zero-order valence-electron chi connectivity index (χ0n) is 14.1. The summed E-state index contributed by atoms with van der Waals surface area (Å²) in [6, 6.07) is 15.4. The molecule has 2 heterocycles. The van der Waals surface area contributed by atoms with Gasteiger partial charge in [-0.25, -0.2) is 4.98 Å². The first-order valence-electron chi connectivity index (χ1n) is 8.45. The summed E-state index contributed by atoms with van der Waals surface area (Å²) < 4.78 is 0. The fraction of sp³-hybridized carbons (Fsp3) is 0.300. The number of hydrogen-bond donors (Lipinski definition) is 1. The summed E-state index contributed by atoms with van der Waals surface area (Å²) >= 11 is 0. The summed E-state index contributed by atoms with van der Waals surface area (Å²) in [6.45, 7) is 4.59. The zero-order valence-corrected chi connectivity index (χ0v) is 16.6. The molecule has 5 heteroatoms. The van der Waals surface area contributed by atoms with Crippen LogP contribution in [0.15, 0.2) is 41.2 Å². The molecule has 0 spiro atoms. The van der Waals surface area contributed by atoms with E-state index >= 15 is 0 Å². The molecule has 0 unspecified atom stereocenters. The van der Waals surface area contributed by atoms with E-state index in [0.717, 1.165) is 42.8 Å². The van der Waals surface area contributed by atoms with E-state index in [2.05, 4.69) is 33.9 Å². The van der Waals surface area contributed by atoms with Crippen molar-refractivity contribution in [2.24, 2.45) is 0 Å². The van der Waals surface area contributed by atoms with Crippen LogP contribution in [-0.2, 0) is 25.9 Å². The molecule has 0 saturated carbocycles. The number of hydrogen-bond acceptors (Lipinski definition) is 3. The van der Waals surface area contributed by atoms with Gasteiger partial charge in [-0.3, -0.25) is 4.79 Å². The van der Waals surface area contributed by atoms with Crippen molar-refractivity contribution in [3.05, 3.63) is 75.3 Å². The van der Waals surface area contributed by atoms with Crippen molar-refractivity contribution in [3.8, 4) is 0 Å². The van der Waals surface area contributed by atoms with Crippen molar-refractivity contribution in [1.82, 2.24) is 14.9 Å². The summed E-state index contributed by atoms with van der Waals surface area (Å²) in [7, 11) is 0. The summed E-state index contributed by atoms with van der Waals surface area (Å²) in [4.78, 5) is 22.3. The monoisotopic (exact) mass is 570 g/mol. The van der Waals surface area contributed by atoms with E-state index in [-0.39, 0.29) is 5.56 Å². The molecule has 3 aromatic rings. The van der Waals surface area contributed by atoms with E-state index in [4.69, 9.17) is 0 Å². The molecule has 1 N–H and O–H groups in total. The number of aryl methyl sites for hydroxylation is 1. The van der Waals surface area contributed by atoms with Gasteiger partial charge in [0, 0.05) is 0 Å². The summed E-state index contributed by atoms with van der Waals surface area (Å²) in [6.07, 6.45) is 1.91. The minimum atomic E-state index is -0.0453. The Hall–Kier alpha value is -3.46. The minimum absolute atomic E-state index is 0. The molecule has 1 aliphatic heterocycles. The number of benzene rings is 2. The molecule has 4 rings (SSSR count). The Morgan fingerprint density at radius 3 is 3.04 bits per heavy atom. The Kier molecular flexibility index (Phi) is 4.31. The van der Waals surface area contributed by atoms with Crippen LogP contribution in [0.1, 0.15) is 29.4 Å². The first-order valence-corrected chi connectivity index (χ1v) is 8.45. The number of fused-ring (bicyclic) bond motifs is 2. The SMILES string of the molecule is CCc1ccc2nc(CN3CCc4[c-]cccc4C3)[nH]c(=O)c2c1.[Es]. The van der Waals surface area contributed by atoms with Gasteiger partial charge in [-0.2, -0.15) is 29.8 Å².